The normalized spacial score (nSPS) is 14.8. The van der Waals surface area contributed by atoms with Crippen molar-refractivity contribution in [2.24, 2.45) is 0 Å². The summed E-state index contributed by atoms with van der Waals surface area (Å²) in [6.45, 7) is 5.24. The second-order valence-electron chi connectivity index (χ2n) is 5.81. The van der Waals surface area contributed by atoms with Gasteiger partial charge in [-0.2, -0.15) is 0 Å². The molecule has 0 amide bonds. The van der Waals surface area contributed by atoms with Crippen LogP contribution in [-0.4, -0.2) is 13.7 Å². The molecule has 1 aromatic carbocycles. The second kappa shape index (κ2) is 6.20. The van der Waals surface area contributed by atoms with Gasteiger partial charge in [0.25, 0.3) is 0 Å². The molecule has 3 rings (SSSR count). The molecule has 1 aromatic heterocycles. The summed E-state index contributed by atoms with van der Waals surface area (Å²) in [6, 6.07) is 9.44. The highest BCUT2D eigenvalue weighted by Gasteiger charge is 2.15. The van der Waals surface area contributed by atoms with Gasteiger partial charge in [0.15, 0.2) is 0 Å². The summed E-state index contributed by atoms with van der Waals surface area (Å²) >= 11 is 1.92. The van der Waals surface area contributed by atoms with E-state index in [0.29, 0.717) is 6.04 Å². The van der Waals surface area contributed by atoms with Crippen molar-refractivity contribution in [2.75, 3.05) is 13.7 Å². The highest BCUT2D eigenvalue weighted by Crippen LogP contribution is 2.30. The Bertz CT molecular complexity index is 613. The smallest absolute Gasteiger partial charge is 0.122 e. The van der Waals surface area contributed by atoms with Gasteiger partial charge in [-0.3, -0.25) is 0 Å². The Kier molecular flexibility index (Phi) is 4.32. The molecule has 0 radical (unpaired) electrons. The van der Waals surface area contributed by atoms with Crippen molar-refractivity contribution >= 4 is 11.3 Å². The summed E-state index contributed by atoms with van der Waals surface area (Å²) in [4.78, 5) is 2.89. The summed E-state index contributed by atoms with van der Waals surface area (Å²) in [5, 5.41) is 3.47. The van der Waals surface area contributed by atoms with Gasteiger partial charge in [-0.1, -0.05) is 12.1 Å². The zero-order valence-electron chi connectivity index (χ0n) is 13.0. The third-order valence-electron chi connectivity index (χ3n) is 4.35. The summed E-state index contributed by atoms with van der Waals surface area (Å²) in [7, 11) is 2.06. The number of aryl methyl sites for hydroxylation is 3. The van der Waals surface area contributed by atoms with Crippen LogP contribution in [0.25, 0.3) is 0 Å². The van der Waals surface area contributed by atoms with Crippen molar-refractivity contribution in [1.82, 2.24) is 5.32 Å². The monoisotopic (exact) mass is 301 g/mol. The fraction of sp³-hybridized carbons (Fsp3) is 0.444. The van der Waals surface area contributed by atoms with Gasteiger partial charge in [-0.15, -0.1) is 11.3 Å². The van der Waals surface area contributed by atoms with Crippen LogP contribution in [0.2, 0.25) is 0 Å². The first kappa shape index (κ1) is 14.6. The molecule has 0 fully saturated rings. The van der Waals surface area contributed by atoms with Crippen LogP contribution in [0.5, 0.6) is 5.75 Å². The van der Waals surface area contributed by atoms with E-state index >= 15 is 0 Å². The molecule has 1 aliphatic heterocycles. The predicted octanol–water partition coefficient (Wildman–Crippen LogP) is 4.19. The highest BCUT2D eigenvalue weighted by molar-refractivity contribution is 7.12. The zero-order chi connectivity index (χ0) is 14.8. The van der Waals surface area contributed by atoms with E-state index in [1.165, 1.54) is 26.4 Å². The van der Waals surface area contributed by atoms with E-state index < -0.39 is 0 Å². The maximum absolute atomic E-state index is 5.57. The van der Waals surface area contributed by atoms with E-state index in [-0.39, 0.29) is 0 Å². The minimum atomic E-state index is 0.451. The van der Waals surface area contributed by atoms with Gasteiger partial charge in [0.05, 0.1) is 6.61 Å². The Labute approximate surface area is 131 Å². The Hall–Kier alpha value is -1.32. The molecule has 0 saturated carbocycles. The zero-order valence-corrected chi connectivity index (χ0v) is 13.8. The molecular weight excluding hydrogens is 278 g/mol. The lowest BCUT2D eigenvalue weighted by Gasteiger charge is -2.14. The van der Waals surface area contributed by atoms with Crippen LogP contribution in [0, 0.1) is 13.8 Å². The van der Waals surface area contributed by atoms with Crippen molar-refractivity contribution in [2.45, 2.75) is 39.2 Å². The minimum Gasteiger partial charge on any atom is -0.493 e. The number of hydrogen-bond donors (Lipinski definition) is 1. The Morgan fingerprint density at radius 1 is 1.29 bits per heavy atom. The average Bonchev–Trinajstić information content (AvgIpc) is 3.06. The number of hydrogen-bond acceptors (Lipinski definition) is 3. The van der Waals surface area contributed by atoms with E-state index in [9.17, 15) is 0 Å². The number of thiophene rings is 1. The predicted molar refractivity (Wildman–Crippen MR) is 89.6 cm³/mol. The number of ether oxygens (including phenoxy) is 1. The SMILES string of the molecule is CNC(CCc1ccc2c(c1)CCO2)c1cc(C)c(C)s1. The van der Waals surface area contributed by atoms with E-state index in [1.54, 1.807) is 0 Å². The largest absolute Gasteiger partial charge is 0.493 e. The van der Waals surface area contributed by atoms with Crippen LogP contribution in [0.3, 0.4) is 0 Å². The van der Waals surface area contributed by atoms with Crippen LogP contribution in [0.1, 0.15) is 38.9 Å². The molecule has 1 aliphatic rings. The van der Waals surface area contributed by atoms with E-state index in [4.69, 9.17) is 4.74 Å². The first-order valence-electron chi connectivity index (χ1n) is 7.66. The van der Waals surface area contributed by atoms with Crippen LogP contribution in [-0.2, 0) is 12.8 Å². The summed E-state index contributed by atoms with van der Waals surface area (Å²) in [6.07, 6.45) is 3.30. The van der Waals surface area contributed by atoms with Gasteiger partial charge in [-0.25, -0.2) is 0 Å². The molecule has 1 atom stereocenters. The van der Waals surface area contributed by atoms with Crippen LogP contribution < -0.4 is 10.1 Å². The van der Waals surface area contributed by atoms with Gasteiger partial charge in [0.1, 0.15) is 5.75 Å². The quantitative estimate of drug-likeness (QED) is 0.894. The second-order valence-corrected chi connectivity index (χ2v) is 7.10. The molecular formula is C18H23NOS. The Morgan fingerprint density at radius 2 is 2.14 bits per heavy atom. The lowest BCUT2D eigenvalue weighted by atomic mass is 10.0. The molecule has 1 unspecified atom stereocenters. The fourth-order valence-electron chi connectivity index (χ4n) is 2.91. The van der Waals surface area contributed by atoms with Gasteiger partial charge >= 0.3 is 0 Å². The molecule has 2 nitrogen and oxygen atoms in total. The Morgan fingerprint density at radius 3 is 2.86 bits per heavy atom. The van der Waals surface area contributed by atoms with E-state index in [1.807, 2.05) is 11.3 Å². The minimum absolute atomic E-state index is 0.451. The average molecular weight is 301 g/mol. The molecule has 0 aliphatic carbocycles. The number of nitrogens with one attached hydrogen (secondary N) is 1. The maximum atomic E-state index is 5.57. The number of fused-ring (bicyclic) bond motifs is 1. The fourth-order valence-corrected chi connectivity index (χ4v) is 4.10. The first-order valence-corrected chi connectivity index (χ1v) is 8.48. The summed E-state index contributed by atoms with van der Waals surface area (Å²) in [5.74, 6) is 1.08. The first-order chi connectivity index (χ1) is 10.2. The van der Waals surface area contributed by atoms with Crippen molar-refractivity contribution in [3.63, 3.8) is 0 Å². The van der Waals surface area contributed by atoms with Crippen LogP contribution in [0.4, 0.5) is 0 Å². The van der Waals surface area contributed by atoms with Gasteiger partial charge in [0, 0.05) is 22.2 Å². The molecule has 2 aromatic rings. The van der Waals surface area contributed by atoms with E-state index in [2.05, 4.69) is 50.5 Å². The van der Waals surface area contributed by atoms with Crippen LogP contribution in [0.15, 0.2) is 24.3 Å². The molecule has 0 spiro atoms. The van der Waals surface area contributed by atoms with Crippen molar-refractivity contribution in [3.05, 3.63) is 50.7 Å². The van der Waals surface area contributed by atoms with Gasteiger partial charge < -0.3 is 10.1 Å². The molecule has 3 heteroatoms. The molecule has 2 heterocycles. The molecule has 0 bridgehead atoms. The summed E-state index contributed by atoms with van der Waals surface area (Å²) < 4.78 is 5.57. The van der Waals surface area contributed by atoms with E-state index in [0.717, 1.165) is 31.6 Å². The number of benzene rings is 1. The number of rotatable bonds is 5. The lowest BCUT2D eigenvalue weighted by molar-refractivity contribution is 0.357. The lowest BCUT2D eigenvalue weighted by Crippen LogP contribution is -2.15. The van der Waals surface area contributed by atoms with Gasteiger partial charge in [0.2, 0.25) is 0 Å². The topological polar surface area (TPSA) is 21.3 Å². The maximum Gasteiger partial charge on any atom is 0.122 e. The molecule has 0 saturated heterocycles. The molecule has 21 heavy (non-hydrogen) atoms. The van der Waals surface area contributed by atoms with Crippen LogP contribution >= 0.6 is 11.3 Å². The van der Waals surface area contributed by atoms with Crippen molar-refractivity contribution < 1.29 is 4.74 Å². The van der Waals surface area contributed by atoms with Crippen molar-refractivity contribution in [1.29, 1.82) is 0 Å². The van der Waals surface area contributed by atoms with Crippen molar-refractivity contribution in [3.8, 4) is 5.75 Å². The molecule has 112 valence electrons. The van der Waals surface area contributed by atoms with Gasteiger partial charge in [-0.05, 0) is 62.6 Å². The standard InChI is InChI=1S/C18H23NOS/c1-12-10-18(21-13(12)2)16(19-3)6-4-14-5-7-17-15(11-14)8-9-20-17/h5,7,10-11,16,19H,4,6,8-9H2,1-3H3. The molecule has 1 N–H and O–H groups in total. The summed E-state index contributed by atoms with van der Waals surface area (Å²) in [5.41, 5.74) is 4.20. The third-order valence-corrected chi connectivity index (χ3v) is 5.62. The third kappa shape index (κ3) is 3.14. The Balaban J connectivity index is 1.67. The highest BCUT2D eigenvalue weighted by atomic mass is 32.1.